The summed E-state index contributed by atoms with van der Waals surface area (Å²) in [5.74, 6) is -1.91. The van der Waals surface area contributed by atoms with Crippen LogP contribution in [0.5, 0.6) is 0 Å². The number of H-pyrrole nitrogens is 2. The number of rotatable bonds is 1. The number of halogens is 3. The molecule has 0 amide bonds. The Bertz CT molecular complexity index is 1390. The van der Waals surface area contributed by atoms with Gasteiger partial charge in [-0.25, -0.2) is 13.5 Å². The molecule has 0 aliphatic heterocycles. The first-order valence-electron chi connectivity index (χ1n) is 7.33. The molecule has 4 aromatic rings. The maximum Gasteiger partial charge on any atom is 0.287 e. The van der Waals surface area contributed by atoms with E-state index in [1.807, 2.05) is 0 Å². The molecule has 26 heavy (non-hydrogen) atoms. The Kier molecular flexibility index (Phi) is 3.52. The van der Waals surface area contributed by atoms with Gasteiger partial charge in [-0.2, -0.15) is 0 Å². The van der Waals surface area contributed by atoms with E-state index in [1.54, 1.807) is 0 Å². The van der Waals surface area contributed by atoms with Crippen molar-refractivity contribution >= 4 is 33.4 Å². The number of aromatic nitrogens is 3. The van der Waals surface area contributed by atoms with Crippen LogP contribution in [0.15, 0.2) is 50.8 Å². The molecule has 0 radical (unpaired) electrons. The van der Waals surface area contributed by atoms with Gasteiger partial charge in [0.2, 0.25) is 5.43 Å². The molecule has 0 aliphatic rings. The van der Waals surface area contributed by atoms with Crippen LogP contribution in [0.2, 0.25) is 5.02 Å². The molecule has 0 spiro atoms. The number of hydrogen-bond donors (Lipinski definition) is 2. The SMILES string of the molecule is O=c1[nH]n(-c2ccc(F)cc2F)c(=O)c2c(=O)c3ccc(Cl)cc3[nH]c12. The third kappa shape index (κ3) is 2.34. The van der Waals surface area contributed by atoms with Crippen LogP contribution in [0.3, 0.4) is 0 Å². The maximum atomic E-state index is 14.0. The molecule has 0 atom stereocenters. The molecule has 2 aromatic carbocycles. The molecular weight excluding hydrogens is 368 g/mol. The van der Waals surface area contributed by atoms with Crippen LogP contribution in [-0.4, -0.2) is 14.8 Å². The minimum atomic E-state index is -1.06. The van der Waals surface area contributed by atoms with Crippen LogP contribution < -0.4 is 16.5 Å². The number of nitrogens with zero attached hydrogens (tertiary/aromatic N) is 1. The fourth-order valence-electron chi connectivity index (χ4n) is 2.79. The lowest BCUT2D eigenvalue weighted by molar-refractivity contribution is 0.570. The zero-order valence-electron chi connectivity index (χ0n) is 12.8. The van der Waals surface area contributed by atoms with Crippen LogP contribution in [-0.2, 0) is 0 Å². The second kappa shape index (κ2) is 5.63. The number of pyridine rings is 1. The van der Waals surface area contributed by atoms with Gasteiger partial charge >= 0.3 is 0 Å². The smallest absolute Gasteiger partial charge is 0.287 e. The van der Waals surface area contributed by atoms with E-state index >= 15 is 0 Å². The zero-order valence-corrected chi connectivity index (χ0v) is 13.5. The largest absolute Gasteiger partial charge is 0.350 e. The van der Waals surface area contributed by atoms with Crippen molar-refractivity contribution in [2.24, 2.45) is 0 Å². The molecule has 130 valence electrons. The molecule has 6 nitrogen and oxygen atoms in total. The van der Waals surface area contributed by atoms with Gasteiger partial charge < -0.3 is 4.98 Å². The normalized spacial score (nSPS) is 11.3. The average Bonchev–Trinajstić information content (AvgIpc) is 2.58. The third-order valence-corrected chi connectivity index (χ3v) is 4.21. The molecule has 9 heteroatoms. The number of aromatic amines is 2. The van der Waals surface area contributed by atoms with Gasteiger partial charge in [-0.3, -0.25) is 19.5 Å². The van der Waals surface area contributed by atoms with E-state index in [0.29, 0.717) is 15.8 Å². The molecule has 2 aromatic heterocycles. The van der Waals surface area contributed by atoms with Crippen molar-refractivity contribution in [2.75, 3.05) is 0 Å². The highest BCUT2D eigenvalue weighted by molar-refractivity contribution is 6.31. The van der Waals surface area contributed by atoms with Crippen LogP contribution in [0.4, 0.5) is 8.78 Å². The summed E-state index contributed by atoms with van der Waals surface area (Å²) in [7, 11) is 0. The van der Waals surface area contributed by atoms with E-state index in [1.165, 1.54) is 18.2 Å². The van der Waals surface area contributed by atoms with Crippen molar-refractivity contribution in [2.45, 2.75) is 0 Å². The second-order valence-electron chi connectivity index (χ2n) is 5.57. The van der Waals surface area contributed by atoms with Crippen LogP contribution in [0, 0.1) is 11.6 Å². The maximum absolute atomic E-state index is 14.0. The fraction of sp³-hybridized carbons (Fsp3) is 0. The second-order valence-corrected chi connectivity index (χ2v) is 6.01. The van der Waals surface area contributed by atoms with Gasteiger partial charge in [0, 0.05) is 16.5 Å². The highest BCUT2D eigenvalue weighted by Gasteiger charge is 2.17. The summed E-state index contributed by atoms with van der Waals surface area (Å²) in [4.78, 5) is 40.5. The number of nitrogens with one attached hydrogen (secondary N) is 2. The van der Waals surface area contributed by atoms with Crippen molar-refractivity contribution in [3.8, 4) is 5.69 Å². The summed E-state index contributed by atoms with van der Waals surface area (Å²) in [5.41, 5.74) is -2.81. The molecule has 0 unspecified atom stereocenters. The minimum Gasteiger partial charge on any atom is -0.350 e. The Labute approximate surface area is 147 Å². The van der Waals surface area contributed by atoms with Crippen LogP contribution in [0.25, 0.3) is 27.5 Å². The predicted octanol–water partition coefficient (Wildman–Crippen LogP) is 2.45. The third-order valence-electron chi connectivity index (χ3n) is 3.97. The van der Waals surface area contributed by atoms with E-state index in [-0.39, 0.29) is 22.1 Å². The van der Waals surface area contributed by atoms with Crippen molar-refractivity contribution in [1.29, 1.82) is 0 Å². The lowest BCUT2D eigenvalue weighted by Gasteiger charge is -2.09. The van der Waals surface area contributed by atoms with Crippen molar-refractivity contribution in [3.63, 3.8) is 0 Å². The predicted molar refractivity (Wildman–Crippen MR) is 93.2 cm³/mol. The van der Waals surface area contributed by atoms with Crippen molar-refractivity contribution in [1.82, 2.24) is 14.8 Å². The van der Waals surface area contributed by atoms with Crippen LogP contribution in [0.1, 0.15) is 0 Å². The summed E-state index contributed by atoms with van der Waals surface area (Å²) in [6.07, 6.45) is 0. The first-order valence-corrected chi connectivity index (χ1v) is 7.70. The summed E-state index contributed by atoms with van der Waals surface area (Å²) in [6, 6.07) is 6.82. The minimum absolute atomic E-state index is 0.149. The average molecular weight is 376 g/mol. The lowest BCUT2D eigenvalue weighted by atomic mass is 10.1. The fourth-order valence-corrected chi connectivity index (χ4v) is 2.96. The molecule has 2 heterocycles. The van der Waals surface area contributed by atoms with E-state index in [2.05, 4.69) is 10.1 Å². The first kappa shape index (κ1) is 16.2. The number of fused-ring (bicyclic) bond motifs is 2. The molecule has 4 rings (SSSR count). The van der Waals surface area contributed by atoms with Crippen LogP contribution >= 0.6 is 11.6 Å². The van der Waals surface area contributed by atoms with E-state index in [4.69, 9.17) is 11.6 Å². The van der Waals surface area contributed by atoms with Gasteiger partial charge in [0.1, 0.15) is 22.4 Å². The van der Waals surface area contributed by atoms with Gasteiger partial charge in [-0.1, -0.05) is 11.6 Å². The Morgan fingerprint density at radius 2 is 1.77 bits per heavy atom. The van der Waals surface area contributed by atoms with Crippen molar-refractivity contribution in [3.05, 3.63) is 84.0 Å². The number of hydrogen-bond acceptors (Lipinski definition) is 3. The van der Waals surface area contributed by atoms with E-state index < -0.39 is 33.6 Å². The van der Waals surface area contributed by atoms with Gasteiger partial charge in [-0.05, 0) is 30.3 Å². The highest BCUT2D eigenvalue weighted by atomic mass is 35.5. The van der Waals surface area contributed by atoms with E-state index in [0.717, 1.165) is 12.1 Å². The molecule has 0 bridgehead atoms. The Morgan fingerprint density at radius 1 is 1.00 bits per heavy atom. The van der Waals surface area contributed by atoms with Gasteiger partial charge in [0.05, 0.1) is 5.52 Å². The summed E-state index contributed by atoms with van der Waals surface area (Å²) < 4.78 is 27.7. The molecule has 0 fully saturated rings. The topological polar surface area (TPSA) is 87.7 Å². The Hall–Kier alpha value is -3.26. The Balaban J connectivity index is 2.18. The zero-order chi connectivity index (χ0) is 18.6. The monoisotopic (exact) mass is 375 g/mol. The van der Waals surface area contributed by atoms with Gasteiger partial charge in [0.25, 0.3) is 11.1 Å². The molecule has 0 saturated heterocycles. The standard InChI is InChI=1S/C17H8ClF2N3O3/c18-7-1-3-9-11(5-7)21-14-13(15(9)24)17(26)23(22-16(14)25)12-4-2-8(19)6-10(12)20/h1-6H,(H,21,24)(H,22,25). The molecule has 2 N–H and O–H groups in total. The summed E-state index contributed by atoms with van der Waals surface area (Å²) in [5, 5.41) is 2.23. The van der Waals surface area contributed by atoms with Crippen molar-refractivity contribution < 1.29 is 8.78 Å². The molecule has 0 aliphatic carbocycles. The first-order chi connectivity index (χ1) is 12.4. The number of benzene rings is 2. The summed E-state index contributed by atoms with van der Waals surface area (Å²) in [6.45, 7) is 0. The van der Waals surface area contributed by atoms with E-state index in [9.17, 15) is 23.2 Å². The molecule has 0 saturated carbocycles. The summed E-state index contributed by atoms with van der Waals surface area (Å²) >= 11 is 5.88. The quantitative estimate of drug-likeness (QED) is 0.501. The highest BCUT2D eigenvalue weighted by Crippen LogP contribution is 2.17. The van der Waals surface area contributed by atoms with Gasteiger partial charge in [-0.15, -0.1) is 0 Å². The van der Waals surface area contributed by atoms with Gasteiger partial charge in [0.15, 0.2) is 5.82 Å². The Morgan fingerprint density at radius 3 is 2.50 bits per heavy atom. The lowest BCUT2D eigenvalue weighted by Crippen LogP contribution is -2.33. The molecular formula is C17H8ClF2N3O3.